The van der Waals surface area contributed by atoms with Crippen molar-refractivity contribution >= 4 is 26.7 Å². The van der Waals surface area contributed by atoms with E-state index in [9.17, 15) is 4.39 Å². The molecule has 0 aliphatic heterocycles. The van der Waals surface area contributed by atoms with E-state index in [-0.39, 0.29) is 5.82 Å². The van der Waals surface area contributed by atoms with Gasteiger partial charge in [-0.2, -0.15) is 0 Å². The Morgan fingerprint density at radius 1 is 1.25 bits per heavy atom. The highest BCUT2D eigenvalue weighted by atomic mass is 32.1. The van der Waals surface area contributed by atoms with Crippen molar-refractivity contribution in [3.63, 3.8) is 0 Å². The van der Waals surface area contributed by atoms with E-state index in [0.717, 1.165) is 21.0 Å². The van der Waals surface area contributed by atoms with Crippen molar-refractivity contribution < 1.29 is 4.39 Å². The van der Waals surface area contributed by atoms with Crippen molar-refractivity contribution in [3.8, 4) is 0 Å². The standard InChI is InChI=1S/C16H17FN2S/c1-4-11(3)6-8-13(5-2)18-16-19-14-9-7-12(17)10-15(14)20-16/h4-10H,1-3H3,(H,18,19)/b8-6-,11-4-,13-5+. The van der Waals surface area contributed by atoms with Gasteiger partial charge in [-0.1, -0.05) is 35.1 Å². The lowest BCUT2D eigenvalue weighted by atomic mass is 10.2. The molecule has 0 unspecified atom stereocenters. The number of benzene rings is 1. The van der Waals surface area contributed by atoms with Gasteiger partial charge in [-0.05, 0) is 45.0 Å². The van der Waals surface area contributed by atoms with Gasteiger partial charge in [0.2, 0.25) is 0 Å². The molecule has 2 rings (SSSR count). The molecule has 0 spiro atoms. The first-order valence-corrected chi connectivity index (χ1v) is 7.24. The largest absolute Gasteiger partial charge is 0.332 e. The zero-order valence-electron chi connectivity index (χ0n) is 11.8. The van der Waals surface area contributed by atoms with Crippen LogP contribution in [-0.2, 0) is 0 Å². The molecule has 0 radical (unpaired) electrons. The summed E-state index contributed by atoms with van der Waals surface area (Å²) in [6, 6.07) is 4.63. The van der Waals surface area contributed by atoms with Gasteiger partial charge in [-0.25, -0.2) is 9.37 Å². The first-order valence-electron chi connectivity index (χ1n) is 6.43. The van der Waals surface area contributed by atoms with E-state index in [0.29, 0.717) is 0 Å². The van der Waals surface area contributed by atoms with E-state index in [1.54, 1.807) is 6.07 Å². The van der Waals surface area contributed by atoms with Gasteiger partial charge in [0.05, 0.1) is 10.2 Å². The Morgan fingerprint density at radius 3 is 2.75 bits per heavy atom. The second-order valence-electron chi connectivity index (χ2n) is 4.37. The van der Waals surface area contributed by atoms with Gasteiger partial charge in [0, 0.05) is 5.70 Å². The highest BCUT2D eigenvalue weighted by molar-refractivity contribution is 7.22. The highest BCUT2D eigenvalue weighted by Gasteiger charge is 2.05. The number of nitrogens with one attached hydrogen (secondary N) is 1. The molecule has 0 aliphatic rings. The molecule has 0 bridgehead atoms. The molecular formula is C16H17FN2S. The van der Waals surface area contributed by atoms with Crippen LogP contribution < -0.4 is 5.32 Å². The molecule has 0 atom stereocenters. The highest BCUT2D eigenvalue weighted by Crippen LogP contribution is 2.27. The van der Waals surface area contributed by atoms with Crippen LogP contribution in [0.25, 0.3) is 10.2 Å². The lowest BCUT2D eigenvalue weighted by molar-refractivity contribution is 0.630. The van der Waals surface area contributed by atoms with Gasteiger partial charge >= 0.3 is 0 Å². The minimum Gasteiger partial charge on any atom is -0.332 e. The van der Waals surface area contributed by atoms with Gasteiger partial charge in [0.1, 0.15) is 5.82 Å². The first-order chi connectivity index (χ1) is 9.62. The topological polar surface area (TPSA) is 24.9 Å². The van der Waals surface area contributed by atoms with E-state index >= 15 is 0 Å². The number of hydrogen-bond donors (Lipinski definition) is 1. The molecule has 2 nitrogen and oxygen atoms in total. The lowest BCUT2D eigenvalue weighted by Gasteiger charge is -2.02. The predicted molar refractivity (Wildman–Crippen MR) is 85.5 cm³/mol. The van der Waals surface area contributed by atoms with E-state index < -0.39 is 0 Å². The molecule has 104 valence electrons. The summed E-state index contributed by atoms with van der Waals surface area (Å²) in [4.78, 5) is 4.44. The zero-order valence-corrected chi connectivity index (χ0v) is 12.6. The second kappa shape index (κ2) is 6.48. The van der Waals surface area contributed by atoms with Crippen LogP contribution in [0.3, 0.4) is 0 Å². The maximum atomic E-state index is 13.2. The molecule has 1 N–H and O–H groups in total. The molecular weight excluding hydrogens is 271 g/mol. The van der Waals surface area contributed by atoms with Crippen molar-refractivity contribution in [3.05, 3.63) is 59.6 Å². The molecule has 0 fully saturated rings. The Balaban J connectivity index is 2.20. The monoisotopic (exact) mass is 288 g/mol. The van der Waals surface area contributed by atoms with Crippen LogP contribution in [0.4, 0.5) is 9.52 Å². The smallest absolute Gasteiger partial charge is 0.188 e. The number of hydrogen-bond acceptors (Lipinski definition) is 3. The fourth-order valence-corrected chi connectivity index (χ4v) is 2.51. The van der Waals surface area contributed by atoms with Crippen LogP contribution in [0.2, 0.25) is 0 Å². The van der Waals surface area contributed by atoms with Gasteiger partial charge in [0.15, 0.2) is 5.13 Å². The summed E-state index contributed by atoms with van der Waals surface area (Å²) < 4.78 is 14.0. The number of allylic oxidation sites excluding steroid dienone is 5. The van der Waals surface area contributed by atoms with Crippen LogP contribution in [0.1, 0.15) is 20.8 Å². The third-order valence-corrected chi connectivity index (χ3v) is 3.83. The summed E-state index contributed by atoms with van der Waals surface area (Å²) in [5, 5.41) is 4.01. The quantitative estimate of drug-likeness (QED) is 0.775. The molecule has 1 aromatic carbocycles. The minimum atomic E-state index is -0.234. The van der Waals surface area contributed by atoms with Gasteiger partial charge in [-0.15, -0.1) is 0 Å². The predicted octanol–water partition coefficient (Wildman–Crippen LogP) is 5.27. The molecule has 20 heavy (non-hydrogen) atoms. The number of anilines is 1. The number of rotatable bonds is 4. The van der Waals surface area contributed by atoms with Gasteiger partial charge in [-0.3, -0.25) is 0 Å². The van der Waals surface area contributed by atoms with Crippen LogP contribution in [0.15, 0.2) is 53.8 Å². The third kappa shape index (κ3) is 3.54. The second-order valence-corrected chi connectivity index (χ2v) is 5.40. The van der Waals surface area contributed by atoms with Gasteiger partial charge in [0.25, 0.3) is 0 Å². The number of nitrogens with zero attached hydrogens (tertiary/aromatic N) is 1. The minimum absolute atomic E-state index is 0.234. The Labute approximate surface area is 122 Å². The first kappa shape index (κ1) is 14.5. The lowest BCUT2D eigenvalue weighted by Crippen LogP contribution is -1.95. The zero-order chi connectivity index (χ0) is 14.5. The number of thiazole rings is 1. The number of fused-ring (bicyclic) bond motifs is 1. The van der Waals surface area contributed by atoms with Crippen molar-refractivity contribution in [2.24, 2.45) is 0 Å². The normalized spacial score (nSPS) is 13.4. The molecule has 0 saturated heterocycles. The molecule has 1 heterocycles. The fourth-order valence-electron chi connectivity index (χ4n) is 1.60. The Morgan fingerprint density at radius 2 is 2.05 bits per heavy atom. The number of aromatic nitrogens is 1. The van der Waals surface area contributed by atoms with Gasteiger partial charge < -0.3 is 5.32 Å². The molecule has 2 aromatic rings. The summed E-state index contributed by atoms with van der Waals surface area (Å²) in [5.74, 6) is -0.234. The summed E-state index contributed by atoms with van der Waals surface area (Å²) in [5.41, 5.74) is 2.96. The van der Waals surface area contributed by atoms with Crippen molar-refractivity contribution in [1.29, 1.82) is 0 Å². The Bertz CT molecular complexity index is 696. The van der Waals surface area contributed by atoms with Crippen LogP contribution in [-0.4, -0.2) is 4.98 Å². The summed E-state index contributed by atoms with van der Waals surface area (Å²) in [6.45, 7) is 6.01. The van der Waals surface area contributed by atoms with E-state index in [2.05, 4.69) is 10.3 Å². The number of halogens is 1. The molecule has 0 saturated carbocycles. The fraction of sp³-hybridized carbons (Fsp3) is 0.188. The van der Waals surface area contributed by atoms with Crippen molar-refractivity contribution in [2.75, 3.05) is 5.32 Å². The van der Waals surface area contributed by atoms with Crippen LogP contribution >= 0.6 is 11.3 Å². The average molecular weight is 288 g/mol. The maximum absolute atomic E-state index is 13.2. The third-order valence-electron chi connectivity index (χ3n) is 2.89. The molecule has 4 heteroatoms. The van der Waals surface area contributed by atoms with Crippen molar-refractivity contribution in [2.45, 2.75) is 20.8 Å². The van der Waals surface area contributed by atoms with Crippen LogP contribution in [0, 0.1) is 5.82 Å². The van der Waals surface area contributed by atoms with Crippen LogP contribution in [0.5, 0.6) is 0 Å². The SMILES string of the molecule is C\C=C(C)/C=C\C(=C/C)Nc1nc2ccc(F)cc2s1. The molecule has 1 aromatic heterocycles. The maximum Gasteiger partial charge on any atom is 0.188 e. The molecule has 0 aliphatic carbocycles. The summed E-state index contributed by atoms with van der Waals surface area (Å²) in [7, 11) is 0. The Kier molecular flexibility index (Phi) is 4.69. The van der Waals surface area contributed by atoms with Crippen molar-refractivity contribution in [1.82, 2.24) is 4.98 Å². The molecule has 0 amide bonds. The van der Waals surface area contributed by atoms with E-state index in [1.165, 1.54) is 29.0 Å². The van der Waals surface area contributed by atoms with E-state index in [4.69, 9.17) is 0 Å². The van der Waals surface area contributed by atoms with E-state index in [1.807, 2.05) is 45.1 Å². The Hall–Kier alpha value is -1.94. The summed E-state index contributed by atoms with van der Waals surface area (Å²) in [6.07, 6.45) is 8.06. The average Bonchev–Trinajstić information content (AvgIpc) is 2.84. The summed E-state index contributed by atoms with van der Waals surface area (Å²) >= 11 is 1.44.